The molecule has 0 aliphatic carbocycles. The third-order valence-corrected chi connectivity index (χ3v) is 2.63. The molecule has 0 aliphatic rings. The zero-order chi connectivity index (χ0) is 11.2. The van der Waals surface area contributed by atoms with Crippen LogP contribution in [0.15, 0.2) is 0 Å². The van der Waals surface area contributed by atoms with Gasteiger partial charge in [0, 0.05) is 6.61 Å². The quantitative estimate of drug-likeness (QED) is 0.605. The van der Waals surface area contributed by atoms with Gasteiger partial charge in [0.05, 0.1) is 0 Å². The van der Waals surface area contributed by atoms with E-state index < -0.39 is 11.5 Å². The van der Waals surface area contributed by atoms with E-state index in [1.807, 2.05) is 11.9 Å². The lowest BCUT2D eigenvalue weighted by atomic mass is 10.0. The Morgan fingerprint density at radius 1 is 1.29 bits per heavy atom. The van der Waals surface area contributed by atoms with E-state index in [4.69, 9.17) is 10.2 Å². The first-order chi connectivity index (χ1) is 6.42. The van der Waals surface area contributed by atoms with Gasteiger partial charge < -0.3 is 10.2 Å². The Balaban J connectivity index is 3.83. The molecule has 2 N–H and O–H groups in total. The van der Waals surface area contributed by atoms with Crippen LogP contribution >= 0.6 is 0 Å². The molecule has 4 heteroatoms. The fraction of sp³-hybridized carbons (Fsp3) is 0.900. The van der Waals surface area contributed by atoms with E-state index in [2.05, 4.69) is 0 Å². The molecule has 0 aliphatic heterocycles. The molecule has 0 spiro atoms. The van der Waals surface area contributed by atoms with E-state index >= 15 is 0 Å². The monoisotopic (exact) mass is 203 g/mol. The summed E-state index contributed by atoms with van der Waals surface area (Å²) in [5, 5.41) is 17.5. The number of likely N-dealkylation sites (N-methyl/N-ethyl adjacent to an activating group) is 1. The number of carbonyl (C=O) groups is 1. The van der Waals surface area contributed by atoms with E-state index in [0.717, 1.165) is 25.8 Å². The van der Waals surface area contributed by atoms with Crippen molar-refractivity contribution in [1.82, 2.24) is 4.90 Å². The minimum absolute atomic E-state index is 0.214. The van der Waals surface area contributed by atoms with Gasteiger partial charge in [0.2, 0.25) is 0 Å². The Labute approximate surface area is 85.5 Å². The molecule has 0 bridgehead atoms. The molecule has 0 heterocycles. The molecular formula is C10H21NO3. The van der Waals surface area contributed by atoms with Gasteiger partial charge in [0.1, 0.15) is 5.54 Å². The van der Waals surface area contributed by atoms with Crippen molar-refractivity contribution in [1.29, 1.82) is 0 Å². The third kappa shape index (κ3) is 4.07. The number of aliphatic carboxylic acids is 1. The lowest BCUT2D eigenvalue weighted by Crippen LogP contribution is -2.48. The third-order valence-electron chi connectivity index (χ3n) is 2.63. The zero-order valence-corrected chi connectivity index (χ0v) is 9.29. The SMILES string of the molecule is CN(CCCCCO)C(C)(C)C(=O)O. The second-order valence-corrected chi connectivity index (χ2v) is 4.07. The summed E-state index contributed by atoms with van der Waals surface area (Å²) in [5.41, 5.74) is -0.806. The van der Waals surface area contributed by atoms with Crippen molar-refractivity contribution < 1.29 is 15.0 Å². The summed E-state index contributed by atoms with van der Waals surface area (Å²) in [6, 6.07) is 0. The van der Waals surface area contributed by atoms with E-state index in [1.54, 1.807) is 13.8 Å². The molecule has 0 rings (SSSR count). The van der Waals surface area contributed by atoms with Crippen molar-refractivity contribution in [3.8, 4) is 0 Å². The minimum Gasteiger partial charge on any atom is -0.480 e. The van der Waals surface area contributed by atoms with Crippen LogP contribution in [-0.2, 0) is 4.79 Å². The average molecular weight is 203 g/mol. The highest BCUT2D eigenvalue weighted by Gasteiger charge is 2.31. The van der Waals surface area contributed by atoms with E-state index in [9.17, 15) is 4.79 Å². The van der Waals surface area contributed by atoms with Crippen molar-refractivity contribution in [2.75, 3.05) is 20.2 Å². The van der Waals surface area contributed by atoms with Crippen LogP contribution in [-0.4, -0.2) is 46.8 Å². The number of aliphatic hydroxyl groups excluding tert-OH is 1. The average Bonchev–Trinajstić information content (AvgIpc) is 2.11. The molecule has 0 aromatic rings. The van der Waals surface area contributed by atoms with Gasteiger partial charge in [-0.2, -0.15) is 0 Å². The van der Waals surface area contributed by atoms with Crippen molar-refractivity contribution in [2.45, 2.75) is 38.6 Å². The van der Waals surface area contributed by atoms with Crippen LogP contribution in [0.5, 0.6) is 0 Å². The Bertz CT molecular complexity index is 180. The summed E-state index contributed by atoms with van der Waals surface area (Å²) in [5.74, 6) is -0.804. The van der Waals surface area contributed by atoms with E-state index in [0.29, 0.717) is 0 Å². The highest BCUT2D eigenvalue weighted by atomic mass is 16.4. The van der Waals surface area contributed by atoms with Gasteiger partial charge in [-0.3, -0.25) is 9.69 Å². The standard InChI is InChI=1S/C10H21NO3/c1-10(2,9(13)14)11(3)7-5-4-6-8-12/h12H,4-8H2,1-3H3,(H,13,14). The summed E-state index contributed by atoms with van der Waals surface area (Å²) in [7, 11) is 1.81. The predicted molar refractivity (Wildman–Crippen MR) is 55.3 cm³/mol. The Kier molecular flexibility index (Phi) is 5.72. The number of aliphatic hydroxyl groups is 1. The van der Waals surface area contributed by atoms with Gasteiger partial charge in [-0.05, 0) is 46.7 Å². The zero-order valence-electron chi connectivity index (χ0n) is 9.29. The molecule has 0 saturated carbocycles. The number of hydrogen-bond acceptors (Lipinski definition) is 3. The van der Waals surface area contributed by atoms with Crippen LogP contribution in [0.2, 0.25) is 0 Å². The smallest absolute Gasteiger partial charge is 0.323 e. The van der Waals surface area contributed by atoms with Gasteiger partial charge >= 0.3 is 5.97 Å². The molecule has 0 unspecified atom stereocenters. The maximum atomic E-state index is 10.9. The van der Waals surface area contributed by atoms with Gasteiger partial charge in [0.25, 0.3) is 0 Å². The van der Waals surface area contributed by atoms with Crippen molar-refractivity contribution >= 4 is 5.97 Å². The number of carboxylic acid groups (broad SMARTS) is 1. The fourth-order valence-corrected chi connectivity index (χ4v) is 1.08. The molecule has 0 saturated heterocycles. The van der Waals surface area contributed by atoms with E-state index in [-0.39, 0.29) is 6.61 Å². The van der Waals surface area contributed by atoms with Gasteiger partial charge in [-0.1, -0.05) is 0 Å². The fourth-order valence-electron chi connectivity index (χ4n) is 1.08. The molecule has 0 radical (unpaired) electrons. The first-order valence-electron chi connectivity index (χ1n) is 4.98. The predicted octanol–water partition coefficient (Wildman–Crippen LogP) is 0.944. The topological polar surface area (TPSA) is 60.8 Å². The number of rotatable bonds is 7. The summed E-state index contributed by atoms with van der Waals surface area (Å²) in [6.45, 7) is 4.36. The van der Waals surface area contributed by atoms with Crippen LogP contribution < -0.4 is 0 Å². The first kappa shape index (κ1) is 13.4. The van der Waals surface area contributed by atoms with Gasteiger partial charge in [-0.25, -0.2) is 0 Å². The first-order valence-corrected chi connectivity index (χ1v) is 4.98. The number of unbranched alkanes of at least 4 members (excludes halogenated alkanes) is 2. The highest BCUT2D eigenvalue weighted by molar-refractivity contribution is 5.77. The molecule has 0 atom stereocenters. The summed E-state index contributed by atoms with van der Waals surface area (Å²) in [4.78, 5) is 12.7. The molecule has 0 aromatic carbocycles. The van der Waals surface area contributed by atoms with Gasteiger partial charge in [-0.15, -0.1) is 0 Å². The molecule has 0 aromatic heterocycles. The molecular weight excluding hydrogens is 182 g/mol. The van der Waals surface area contributed by atoms with Crippen LogP contribution in [0.4, 0.5) is 0 Å². The number of nitrogens with zero attached hydrogens (tertiary/aromatic N) is 1. The van der Waals surface area contributed by atoms with Crippen molar-refractivity contribution in [3.05, 3.63) is 0 Å². The van der Waals surface area contributed by atoms with Crippen LogP contribution in [0.25, 0.3) is 0 Å². The molecule has 84 valence electrons. The molecule has 14 heavy (non-hydrogen) atoms. The summed E-state index contributed by atoms with van der Waals surface area (Å²) >= 11 is 0. The number of carboxylic acids is 1. The van der Waals surface area contributed by atoms with Crippen molar-refractivity contribution in [3.63, 3.8) is 0 Å². The molecule has 0 amide bonds. The number of hydrogen-bond donors (Lipinski definition) is 2. The summed E-state index contributed by atoms with van der Waals surface area (Å²) in [6.07, 6.45) is 2.66. The Morgan fingerprint density at radius 3 is 2.29 bits per heavy atom. The van der Waals surface area contributed by atoms with Gasteiger partial charge in [0.15, 0.2) is 0 Å². The largest absolute Gasteiger partial charge is 0.480 e. The Hall–Kier alpha value is -0.610. The van der Waals surface area contributed by atoms with Crippen LogP contribution in [0, 0.1) is 0 Å². The summed E-state index contributed by atoms with van der Waals surface area (Å²) < 4.78 is 0. The lowest BCUT2D eigenvalue weighted by Gasteiger charge is -2.31. The second kappa shape index (κ2) is 5.98. The molecule has 0 fully saturated rings. The maximum Gasteiger partial charge on any atom is 0.323 e. The second-order valence-electron chi connectivity index (χ2n) is 4.07. The lowest BCUT2D eigenvalue weighted by molar-refractivity contribution is -0.148. The normalized spacial score (nSPS) is 12.1. The Morgan fingerprint density at radius 2 is 1.86 bits per heavy atom. The molecule has 4 nitrogen and oxygen atoms in total. The highest BCUT2D eigenvalue weighted by Crippen LogP contribution is 2.13. The minimum atomic E-state index is -0.806. The van der Waals surface area contributed by atoms with Crippen LogP contribution in [0.1, 0.15) is 33.1 Å². The van der Waals surface area contributed by atoms with E-state index in [1.165, 1.54) is 0 Å². The van der Waals surface area contributed by atoms with Crippen LogP contribution in [0.3, 0.4) is 0 Å². The maximum absolute atomic E-state index is 10.9. The van der Waals surface area contributed by atoms with Crippen molar-refractivity contribution in [2.24, 2.45) is 0 Å².